The van der Waals surface area contributed by atoms with Crippen LogP contribution in [0.5, 0.6) is 0 Å². The van der Waals surface area contributed by atoms with Crippen LogP contribution in [0.25, 0.3) is 0 Å². The zero-order chi connectivity index (χ0) is 13.3. The van der Waals surface area contributed by atoms with Crippen molar-refractivity contribution in [3.05, 3.63) is 51.5 Å². The van der Waals surface area contributed by atoms with Crippen molar-refractivity contribution in [2.24, 2.45) is 0 Å². The Morgan fingerprint density at radius 2 is 1.94 bits per heavy atom. The summed E-state index contributed by atoms with van der Waals surface area (Å²) in [5, 5.41) is 10.4. The summed E-state index contributed by atoms with van der Waals surface area (Å²) in [4.78, 5) is 6.36. The summed E-state index contributed by atoms with van der Waals surface area (Å²) in [5.74, 6) is 0. The second kappa shape index (κ2) is 4.82. The highest BCUT2D eigenvalue weighted by molar-refractivity contribution is 7.12. The second-order valence-corrected chi connectivity index (χ2v) is 6.70. The van der Waals surface area contributed by atoms with Crippen molar-refractivity contribution in [2.75, 3.05) is 0 Å². The fraction of sp³-hybridized carbons (Fsp3) is 0.400. The molecule has 18 heavy (non-hydrogen) atoms. The first-order chi connectivity index (χ1) is 8.39. The van der Waals surface area contributed by atoms with E-state index in [1.165, 1.54) is 4.88 Å². The van der Waals surface area contributed by atoms with E-state index < -0.39 is 6.10 Å². The molecule has 3 heteroatoms. The molecule has 0 fully saturated rings. The number of aliphatic hydroxyl groups excluding tert-OH is 1. The van der Waals surface area contributed by atoms with E-state index in [0.29, 0.717) is 0 Å². The summed E-state index contributed by atoms with van der Waals surface area (Å²) in [7, 11) is 0. The molecule has 0 aliphatic heterocycles. The third kappa shape index (κ3) is 2.62. The molecule has 0 saturated heterocycles. The van der Waals surface area contributed by atoms with Gasteiger partial charge >= 0.3 is 0 Å². The van der Waals surface area contributed by atoms with Gasteiger partial charge in [-0.3, -0.25) is 4.98 Å². The van der Waals surface area contributed by atoms with E-state index in [2.05, 4.69) is 31.8 Å². The highest BCUT2D eigenvalue weighted by Crippen LogP contribution is 2.35. The van der Waals surface area contributed by atoms with Crippen LogP contribution in [0.15, 0.2) is 30.6 Å². The Labute approximate surface area is 112 Å². The van der Waals surface area contributed by atoms with Gasteiger partial charge in [-0.05, 0) is 36.1 Å². The van der Waals surface area contributed by atoms with Gasteiger partial charge in [-0.15, -0.1) is 11.3 Å². The quantitative estimate of drug-likeness (QED) is 0.891. The lowest BCUT2D eigenvalue weighted by atomic mass is 9.95. The van der Waals surface area contributed by atoms with E-state index in [0.717, 1.165) is 16.0 Å². The van der Waals surface area contributed by atoms with Gasteiger partial charge in [-0.2, -0.15) is 0 Å². The van der Waals surface area contributed by atoms with Crippen LogP contribution >= 0.6 is 11.3 Å². The van der Waals surface area contributed by atoms with E-state index in [1.54, 1.807) is 23.7 Å². The maximum absolute atomic E-state index is 10.4. The molecule has 0 aliphatic carbocycles. The average Bonchev–Trinajstić information content (AvgIpc) is 2.77. The molecule has 2 aromatic heterocycles. The molecule has 0 saturated carbocycles. The summed E-state index contributed by atoms with van der Waals surface area (Å²) in [6, 6.07) is 6.05. The summed E-state index contributed by atoms with van der Waals surface area (Å²) in [6.07, 6.45) is 2.93. The molecule has 2 heterocycles. The maximum atomic E-state index is 10.4. The second-order valence-electron chi connectivity index (χ2n) is 5.59. The Hall–Kier alpha value is -1.19. The van der Waals surface area contributed by atoms with Crippen LogP contribution in [0.4, 0.5) is 0 Å². The normalized spacial score (nSPS) is 13.6. The van der Waals surface area contributed by atoms with Crippen LogP contribution in [-0.4, -0.2) is 10.1 Å². The molecule has 2 aromatic rings. The molecule has 0 aliphatic rings. The molecule has 0 amide bonds. The molecule has 2 nitrogen and oxygen atoms in total. The molecular weight excluding hydrogens is 242 g/mol. The Balaban J connectivity index is 2.33. The number of aromatic nitrogens is 1. The standard InChI is InChI=1S/C15H19NOS/c1-10-7-8-16-9-11(10)14(17)12-5-6-13(18-12)15(2,3)4/h5-9,14,17H,1-4H3. The number of aliphatic hydroxyl groups is 1. The van der Waals surface area contributed by atoms with E-state index >= 15 is 0 Å². The third-order valence-electron chi connectivity index (χ3n) is 3.01. The van der Waals surface area contributed by atoms with Gasteiger partial charge in [0.15, 0.2) is 0 Å². The van der Waals surface area contributed by atoms with Gasteiger partial charge in [0.2, 0.25) is 0 Å². The molecule has 0 radical (unpaired) electrons. The lowest BCUT2D eigenvalue weighted by Gasteiger charge is -2.16. The first-order valence-electron chi connectivity index (χ1n) is 6.08. The lowest BCUT2D eigenvalue weighted by molar-refractivity contribution is 0.223. The van der Waals surface area contributed by atoms with E-state index in [4.69, 9.17) is 0 Å². The predicted molar refractivity (Wildman–Crippen MR) is 76.1 cm³/mol. The molecule has 0 spiro atoms. The van der Waals surface area contributed by atoms with E-state index in [9.17, 15) is 5.11 Å². The number of aryl methyl sites for hydroxylation is 1. The van der Waals surface area contributed by atoms with Gasteiger partial charge in [0.25, 0.3) is 0 Å². The predicted octanol–water partition coefficient (Wildman–Crippen LogP) is 3.83. The SMILES string of the molecule is Cc1ccncc1C(O)c1ccc(C(C)(C)C)s1. The van der Waals surface area contributed by atoms with Crippen LogP contribution < -0.4 is 0 Å². The number of hydrogen-bond donors (Lipinski definition) is 1. The topological polar surface area (TPSA) is 33.1 Å². The van der Waals surface area contributed by atoms with Crippen LogP contribution in [0.3, 0.4) is 0 Å². The minimum atomic E-state index is -0.570. The Morgan fingerprint density at radius 3 is 2.50 bits per heavy atom. The van der Waals surface area contributed by atoms with Crippen molar-refractivity contribution in [1.29, 1.82) is 0 Å². The molecule has 0 aromatic carbocycles. The average molecular weight is 261 g/mol. The highest BCUT2D eigenvalue weighted by Gasteiger charge is 2.20. The number of hydrogen-bond acceptors (Lipinski definition) is 3. The molecule has 2 rings (SSSR count). The van der Waals surface area contributed by atoms with Crippen molar-refractivity contribution in [3.8, 4) is 0 Å². The van der Waals surface area contributed by atoms with Crippen molar-refractivity contribution in [1.82, 2.24) is 4.98 Å². The number of thiophene rings is 1. The summed E-state index contributed by atoms with van der Waals surface area (Å²) < 4.78 is 0. The van der Waals surface area contributed by atoms with Gasteiger partial charge in [0, 0.05) is 27.7 Å². The van der Waals surface area contributed by atoms with Crippen LogP contribution in [0.1, 0.15) is 47.8 Å². The zero-order valence-electron chi connectivity index (χ0n) is 11.3. The first kappa shape index (κ1) is 13.2. The molecule has 1 N–H and O–H groups in total. The minimum Gasteiger partial charge on any atom is -0.383 e. The summed E-state index contributed by atoms with van der Waals surface area (Å²) >= 11 is 1.67. The van der Waals surface area contributed by atoms with Gasteiger partial charge in [0.1, 0.15) is 6.10 Å². The maximum Gasteiger partial charge on any atom is 0.115 e. The Kier molecular flexibility index (Phi) is 3.55. The van der Waals surface area contributed by atoms with Gasteiger partial charge in [-0.25, -0.2) is 0 Å². The van der Waals surface area contributed by atoms with Gasteiger partial charge < -0.3 is 5.11 Å². The fourth-order valence-corrected chi connectivity index (χ4v) is 2.89. The lowest BCUT2D eigenvalue weighted by Crippen LogP contribution is -2.08. The summed E-state index contributed by atoms with van der Waals surface area (Å²) in [6.45, 7) is 8.55. The first-order valence-corrected chi connectivity index (χ1v) is 6.90. The van der Waals surface area contributed by atoms with E-state index in [1.807, 2.05) is 19.1 Å². The monoisotopic (exact) mass is 261 g/mol. The summed E-state index contributed by atoms with van der Waals surface area (Å²) in [5.41, 5.74) is 2.09. The van der Waals surface area contributed by atoms with Crippen molar-refractivity contribution in [3.63, 3.8) is 0 Å². The molecule has 1 unspecified atom stereocenters. The largest absolute Gasteiger partial charge is 0.383 e. The van der Waals surface area contributed by atoms with Gasteiger partial charge in [0.05, 0.1) is 0 Å². The number of pyridine rings is 1. The van der Waals surface area contributed by atoms with Crippen LogP contribution in [0.2, 0.25) is 0 Å². The Bertz CT molecular complexity index is 539. The Morgan fingerprint density at radius 1 is 1.22 bits per heavy atom. The highest BCUT2D eigenvalue weighted by atomic mass is 32.1. The minimum absolute atomic E-state index is 0.132. The van der Waals surface area contributed by atoms with Crippen LogP contribution in [-0.2, 0) is 5.41 Å². The van der Waals surface area contributed by atoms with Crippen molar-refractivity contribution >= 4 is 11.3 Å². The fourth-order valence-electron chi connectivity index (χ4n) is 1.82. The molecule has 0 bridgehead atoms. The smallest absolute Gasteiger partial charge is 0.115 e. The molecular formula is C15H19NOS. The van der Waals surface area contributed by atoms with Crippen molar-refractivity contribution < 1.29 is 5.11 Å². The van der Waals surface area contributed by atoms with Crippen molar-refractivity contribution in [2.45, 2.75) is 39.2 Å². The van der Waals surface area contributed by atoms with Crippen LogP contribution in [0, 0.1) is 6.92 Å². The number of rotatable bonds is 2. The molecule has 1 atom stereocenters. The van der Waals surface area contributed by atoms with E-state index in [-0.39, 0.29) is 5.41 Å². The van der Waals surface area contributed by atoms with Gasteiger partial charge in [-0.1, -0.05) is 20.8 Å². The third-order valence-corrected chi connectivity index (χ3v) is 4.57. The number of nitrogens with zero attached hydrogens (tertiary/aromatic N) is 1. The zero-order valence-corrected chi connectivity index (χ0v) is 12.1. The molecule has 96 valence electrons.